The first kappa shape index (κ1) is 9.65. The SMILES string of the molecule is CC(=O)OCc1ccc2cccnc2c1. The zero-order chi connectivity index (χ0) is 10.7. The zero-order valence-corrected chi connectivity index (χ0v) is 8.43. The second kappa shape index (κ2) is 4.09. The van der Waals surface area contributed by atoms with Crippen molar-refractivity contribution >= 4 is 16.9 Å². The van der Waals surface area contributed by atoms with Gasteiger partial charge in [0.1, 0.15) is 6.61 Å². The van der Waals surface area contributed by atoms with E-state index in [-0.39, 0.29) is 5.97 Å². The highest BCUT2D eigenvalue weighted by Crippen LogP contribution is 2.13. The van der Waals surface area contributed by atoms with E-state index in [4.69, 9.17) is 4.74 Å². The summed E-state index contributed by atoms with van der Waals surface area (Å²) >= 11 is 0. The topological polar surface area (TPSA) is 39.2 Å². The van der Waals surface area contributed by atoms with E-state index in [9.17, 15) is 4.79 Å². The van der Waals surface area contributed by atoms with Crippen molar-refractivity contribution in [3.8, 4) is 0 Å². The lowest BCUT2D eigenvalue weighted by molar-refractivity contribution is -0.142. The predicted octanol–water partition coefficient (Wildman–Crippen LogP) is 2.30. The molecule has 76 valence electrons. The van der Waals surface area contributed by atoms with Crippen molar-refractivity contribution in [2.75, 3.05) is 0 Å². The molecule has 3 heteroatoms. The van der Waals surface area contributed by atoms with Crippen LogP contribution in [-0.2, 0) is 16.1 Å². The summed E-state index contributed by atoms with van der Waals surface area (Å²) in [6.45, 7) is 1.71. The molecule has 0 aliphatic heterocycles. The minimum atomic E-state index is -0.267. The Kier molecular flexibility index (Phi) is 2.63. The first-order valence-electron chi connectivity index (χ1n) is 4.73. The van der Waals surface area contributed by atoms with Crippen molar-refractivity contribution in [1.82, 2.24) is 4.98 Å². The minimum absolute atomic E-state index is 0.267. The molecule has 3 nitrogen and oxygen atoms in total. The number of ether oxygens (including phenoxy) is 1. The van der Waals surface area contributed by atoms with Crippen molar-refractivity contribution in [1.29, 1.82) is 0 Å². The van der Waals surface area contributed by atoms with Gasteiger partial charge in [-0.2, -0.15) is 0 Å². The van der Waals surface area contributed by atoms with E-state index in [1.807, 2.05) is 30.3 Å². The van der Waals surface area contributed by atoms with Gasteiger partial charge in [0.15, 0.2) is 0 Å². The molecule has 0 saturated carbocycles. The van der Waals surface area contributed by atoms with Gasteiger partial charge >= 0.3 is 5.97 Å². The van der Waals surface area contributed by atoms with Crippen LogP contribution in [0.3, 0.4) is 0 Å². The molecule has 0 spiro atoms. The number of hydrogen-bond donors (Lipinski definition) is 0. The molecule has 2 rings (SSSR count). The Labute approximate surface area is 87.7 Å². The largest absolute Gasteiger partial charge is 0.461 e. The summed E-state index contributed by atoms with van der Waals surface area (Å²) in [7, 11) is 0. The third-order valence-corrected chi connectivity index (χ3v) is 2.11. The quantitative estimate of drug-likeness (QED) is 0.700. The maximum atomic E-state index is 10.6. The highest BCUT2D eigenvalue weighted by Gasteiger charge is 1.98. The molecule has 0 fully saturated rings. The average Bonchev–Trinajstić information content (AvgIpc) is 2.26. The van der Waals surface area contributed by atoms with Gasteiger partial charge in [0.25, 0.3) is 0 Å². The van der Waals surface area contributed by atoms with E-state index in [1.54, 1.807) is 6.20 Å². The third-order valence-electron chi connectivity index (χ3n) is 2.11. The summed E-state index contributed by atoms with van der Waals surface area (Å²) in [5, 5.41) is 1.09. The molecule has 0 atom stereocenters. The standard InChI is InChI=1S/C12H11NO2/c1-9(14)15-8-10-4-5-11-3-2-6-13-12(11)7-10/h2-7H,8H2,1H3. The van der Waals surface area contributed by atoms with Gasteiger partial charge in [-0.25, -0.2) is 0 Å². The predicted molar refractivity (Wildman–Crippen MR) is 57.2 cm³/mol. The number of nitrogens with zero attached hydrogens (tertiary/aromatic N) is 1. The lowest BCUT2D eigenvalue weighted by atomic mass is 10.1. The summed E-state index contributed by atoms with van der Waals surface area (Å²) in [6.07, 6.45) is 1.75. The fraction of sp³-hybridized carbons (Fsp3) is 0.167. The van der Waals surface area contributed by atoms with Crippen molar-refractivity contribution < 1.29 is 9.53 Å². The first-order valence-corrected chi connectivity index (χ1v) is 4.73. The molecule has 0 amide bonds. The van der Waals surface area contributed by atoms with E-state index in [2.05, 4.69) is 4.98 Å². The summed E-state index contributed by atoms with van der Waals surface area (Å²) < 4.78 is 4.91. The van der Waals surface area contributed by atoms with Gasteiger partial charge in [-0.15, -0.1) is 0 Å². The maximum absolute atomic E-state index is 10.6. The lowest BCUT2D eigenvalue weighted by Crippen LogP contribution is -1.98. The molecule has 0 N–H and O–H groups in total. The second-order valence-corrected chi connectivity index (χ2v) is 3.31. The lowest BCUT2D eigenvalue weighted by Gasteiger charge is -2.03. The number of esters is 1. The van der Waals surface area contributed by atoms with Crippen molar-refractivity contribution in [2.45, 2.75) is 13.5 Å². The van der Waals surface area contributed by atoms with Crippen LogP contribution in [0.1, 0.15) is 12.5 Å². The molecule has 1 aromatic carbocycles. The van der Waals surface area contributed by atoms with Crippen molar-refractivity contribution in [3.63, 3.8) is 0 Å². The Bertz CT molecular complexity index is 494. The molecule has 0 unspecified atom stereocenters. The fourth-order valence-electron chi connectivity index (χ4n) is 1.39. The van der Waals surface area contributed by atoms with Crippen LogP contribution in [0.4, 0.5) is 0 Å². The second-order valence-electron chi connectivity index (χ2n) is 3.31. The number of rotatable bonds is 2. The van der Waals surface area contributed by atoms with Gasteiger partial charge in [0, 0.05) is 18.5 Å². The van der Waals surface area contributed by atoms with Crippen LogP contribution in [0.2, 0.25) is 0 Å². The molecule has 1 aromatic heterocycles. The van der Waals surface area contributed by atoms with E-state index in [1.165, 1.54) is 6.92 Å². The van der Waals surface area contributed by atoms with Crippen LogP contribution in [0.25, 0.3) is 10.9 Å². The number of carbonyl (C=O) groups excluding carboxylic acids is 1. The fourth-order valence-corrected chi connectivity index (χ4v) is 1.39. The van der Waals surface area contributed by atoms with Crippen molar-refractivity contribution in [3.05, 3.63) is 42.1 Å². The first-order chi connectivity index (χ1) is 7.25. The number of fused-ring (bicyclic) bond motifs is 1. The zero-order valence-electron chi connectivity index (χ0n) is 8.43. The van der Waals surface area contributed by atoms with Crippen LogP contribution >= 0.6 is 0 Å². The average molecular weight is 201 g/mol. The molecule has 0 radical (unpaired) electrons. The monoisotopic (exact) mass is 201 g/mol. The summed E-state index contributed by atoms with van der Waals surface area (Å²) in [5.41, 5.74) is 1.87. The highest BCUT2D eigenvalue weighted by atomic mass is 16.5. The smallest absolute Gasteiger partial charge is 0.302 e. The van der Waals surface area contributed by atoms with Gasteiger partial charge in [-0.05, 0) is 17.7 Å². The Balaban J connectivity index is 2.26. The Morgan fingerprint density at radius 3 is 3.07 bits per heavy atom. The van der Waals surface area contributed by atoms with E-state index in [0.29, 0.717) is 6.61 Å². The number of carbonyl (C=O) groups is 1. The van der Waals surface area contributed by atoms with Crippen LogP contribution in [0.15, 0.2) is 36.5 Å². The third kappa shape index (κ3) is 2.31. The van der Waals surface area contributed by atoms with Crippen LogP contribution in [0.5, 0.6) is 0 Å². The molecule has 0 aliphatic rings. The van der Waals surface area contributed by atoms with E-state index >= 15 is 0 Å². The number of benzene rings is 1. The molecular weight excluding hydrogens is 190 g/mol. The Morgan fingerprint density at radius 2 is 2.27 bits per heavy atom. The van der Waals surface area contributed by atoms with E-state index in [0.717, 1.165) is 16.5 Å². The number of pyridine rings is 1. The Hall–Kier alpha value is -1.90. The summed E-state index contributed by atoms with van der Waals surface area (Å²) in [4.78, 5) is 14.9. The van der Waals surface area contributed by atoms with E-state index < -0.39 is 0 Å². The molecule has 0 saturated heterocycles. The highest BCUT2D eigenvalue weighted by molar-refractivity contribution is 5.78. The molecule has 0 aliphatic carbocycles. The Morgan fingerprint density at radius 1 is 1.40 bits per heavy atom. The molecule has 2 aromatic rings. The summed E-state index contributed by atoms with van der Waals surface area (Å²) in [5.74, 6) is -0.267. The molecule has 0 bridgehead atoms. The van der Waals surface area contributed by atoms with Crippen LogP contribution in [0, 0.1) is 0 Å². The van der Waals surface area contributed by atoms with Crippen LogP contribution in [-0.4, -0.2) is 11.0 Å². The van der Waals surface area contributed by atoms with Gasteiger partial charge < -0.3 is 4.74 Å². The number of aromatic nitrogens is 1. The molecule has 15 heavy (non-hydrogen) atoms. The van der Waals surface area contributed by atoms with Gasteiger partial charge in [0.2, 0.25) is 0 Å². The number of hydrogen-bond acceptors (Lipinski definition) is 3. The molecule has 1 heterocycles. The maximum Gasteiger partial charge on any atom is 0.302 e. The normalized spacial score (nSPS) is 10.2. The van der Waals surface area contributed by atoms with Crippen LogP contribution < -0.4 is 0 Å². The van der Waals surface area contributed by atoms with Gasteiger partial charge in [0.05, 0.1) is 5.52 Å². The van der Waals surface area contributed by atoms with Gasteiger partial charge in [-0.1, -0.05) is 18.2 Å². The van der Waals surface area contributed by atoms with Crippen molar-refractivity contribution in [2.24, 2.45) is 0 Å². The minimum Gasteiger partial charge on any atom is -0.461 e. The van der Waals surface area contributed by atoms with Gasteiger partial charge in [-0.3, -0.25) is 9.78 Å². The molecular formula is C12H11NO2. The summed E-state index contributed by atoms with van der Waals surface area (Å²) in [6, 6.07) is 9.73.